The quantitative estimate of drug-likeness (QED) is 0.597. The molecule has 1 heterocycles. The number of aromatic nitrogens is 1. The first-order valence-electron chi connectivity index (χ1n) is 5.97. The first kappa shape index (κ1) is 11.0. The Bertz CT molecular complexity index is 725. The number of rotatable bonds is 1. The van der Waals surface area contributed by atoms with Crippen molar-refractivity contribution >= 4 is 10.9 Å². The zero-order valence-electron chi connectivity index (χ0n) is 10.4. The van der Waals surface area contributed by atoms with Crippen molar-refractivity contribution in [2.24, 2.45) is 7.05 Å². The highest BCUT2D eigenvalue weighted by atomic mass is 19.1. The first-order chi connectivity index (χ1) is 8.66. The lowest BCUT2D eigenvalue weighted by Crippen LogP contribution is -1.83. The minimum absolute atomic E-state index is 0.191. The average molecular weight is 239 g/mol. The molecule has 0 bridgehead atoms. The summed E-state index contributed by atoms with van der Waals surface area (Å²) in [6.07, 6.45) is 2.06. The number of hydrogen-bond acceptors (Lipinski definition) is 0. The summed E-state index contributed by atoms with van der Waals surface area (Å²) in [7, 11) is 1.99. The standard InChI is InChI=1S/C16H14FN/c1-11-5-3-4-6-13(11)15-10-18(2)16-8-7-12(17)9-14(15)16/h3-10H,1-2H3. The summed E-state index contributed by atoms with van der Waals surface area (Å²) in [5.74, 6) is -0.191. The van der Waals surface area contributed by atoms with Crippen LogP contribution in [-0.4, -0.2) is 4.57 Å². The van der Waals surface area contributed by atoms with Gasteiger partial charge in [-0.25, -0.2) is 4.39 Å². The third-order valence-electron chi connectivity index (χ3n) is 3.39. The number of fused-ring (bicyclic) bond motifs is 1. The number of benzene rings is 2. The molecule has 0 saturated heterocycles. The van der Waals surface area contributed by atoms with Gasteiger partial charge in [0.2, 0.25) is 0 Å². The number of hydrogen-bond donors (Lipinski definition) is 0. The summed E-state index contributed by atoms with van der Waals surface area (Å²) in [4.78, 5) is 0. The van der Waals surface area contributed by atoms with E-state index in [1.54, 1.807) is 6.07 Å². The summed E-state index contributed by atoms with van der Waals surface area (Å²) < 4.78 is 15.5. The molecular weight excluding hydrogens is 225 g/mol. The van der Waals surface area contributed by atoms with Gasteiger partial charge < -0.3 is 4.57 Å². The lowest BCUT2D eigenvalue weighted by molar-refractivity contribution is 0.629. The maximum Gasteiger partial charge on any atom is 0.123 e. The molecule has 0 aliphatic carbocycles. The molecule has 0 unspecified atom stereocenters. The molecule has 90 valence electrons. The molecule has 0 fully saturated rings. The third kappa shape index (κ3) is 1.61. The van der Waals surface area contributed by atoms with E-state index in [4.69, 9.17) is 0 Å². The van der Waals surface area contributed by atoms with Crippen molar-refractivity contribution in [3.8, 4) is 11.1 Å². The molecule has 3 rings (SSSR count). The molecule has 0 aliphatic rings. The molecule has 0 spiro atoms. The van der Waals surface area contributed by atoms with E-state index in [0.717, 1.165) is 22.0 Å². The van der Waals surface area contributed by atoms with Gasteiger partial charge in [0, 0.05) is 29.7 Å². The minimum Gasteiger partial charge on any atom is -0.350 e. The molecule has 2 aromatic carbocycles. The predicted molar refractivity (Wildman–Crippen MR) is 73.1 cm³/mol. The van der Waals surface area contributed by atoms with Gasteiger partial charge in [0.15, 0.2) is 0 Å². The smallest absolute Gasteiger partial charge is 0.123 e. The molecule has 1 aromatic heterocycles. The summed E-state index contributed by atoms with van der Waals surface area (Å²) in [5.41, 5.74) is 4.50. The monoisotopic (exact) mass is 239 g/mol. The van der Waals surface area contributed by atoms with Crippen LogP contribution in [-0.2, 0) is 7.05 Å². The van der Waals surface area contributed by atoms with Gasteiger partial charge in [-0.05, 0) is 36.2 Å². The molecule has 0 amide bonds. The van der Waals surface area contributed by atoms with Crippen molar-refractivity contribution in [2.75, 3.05) is 0 Å². The fourth-order valence-electron chi connectivity index (χ4n) is 2.45. The highest BCUT2D eigenvalue weighted by Crippen LogP contribution is 2.32. The fourth-order valence-corrected chi connectivity index (χ4v) is 2.45. The van der Waals surface area contributed by atoms with Crippen molar-refractivity contribution in [3.05, 3.63) is 60.0 Å². The van der Waals surface area contributed by atoms with Crippen LogP contribution in [0.1, 0.15) is 5.56 Å². The summed E-state index contributed by atoms with van der Waals surface area (Å²) >= 11 is 0. The van der Waals surface area contributed by atoms with E-state index < -0.39 is 0 Å². The van der Waals surface area contributed by atoms with Crippen LogP contribution in [0, 0.1) is 12.7 Å². The van der Waals surface area contributed by atoms with Gasteiger partial charge in [0.25, 0.3) is 0 Å². The van der Waals surface area contributed by atoms with Crippen molar-refractivity contribution in [1.82, 2.24) is 4.57 Å². The Kier molecular flexibility index (Phi) is 2.44. The van der Waals surface area contributed by atoms with Crippen molar-refractivity contribution in [2.45, 2.75) is 6.92 Å². The van der Waals surface area contributed by atoms with Gasteiger partial charge in [-0.3, -0.25) is 0 Å². The average Bonchev–Trinajstić information content (AvgIpc) is 2.67. The molecule has 0 radical (unpaired) electrons. The van der Waals surface area contributed by atoms with Crippen LogP contribution < -0.4 is 0 Å². The topological polar surface area (TPSA) is 4.93 Å². The predicted octanol–water partition coefficient (Wildman–Crippen LogP) is 4.29. The maximum absolute atomic E-state index is 13.4. The highest BCUT2D eigenvalue weighted by Gasteiger charge is 2.10. The van der Waals surface area contributed by atoms with Crippen LogP contribution in [0.2, 0.25) is 0 Å². The van der Waals surface area contributed by atoms with Gasteiger partial charge in [-0.15, -0.1) is 0 Å². The second kappa shape index (κ2) is 3.98. The van der Waals surface area contributed by atoms with Crippen LogP contribution >= 0.6 is 0 Å². The zero-order chi connectivity index (χ0) is 12.7. The molecular formula is C16H14FN. The highest BCUT2D eigenvalue weighted by molar-refractivity contribution is 5.96. The SMILES string of the molecule is Cc1ccccc1-c1cn(C)c2ccc(F)cc12. The fraction of sp³-hybridized carbons (Fsp3) is 0.125. The van der Waals surface area contributed by atoms with E-state index in [-0.39, 0.29) is 5.82 Å². The maximum atomic E-state index is 13.4. The lowest BCUT2D eigenvalue weighted by Gasteiger charge is -2.03. The van der Waals surface area contributed by atoms with Crippen molar-refractivity contribution in [1.29, 1.82) is 0 Å². The summed E-state index contributed by atoms with van der Waals surface area (Å²) in [5, 5.41) is 0.965. The van der Waals surface area contributed by atoms with E-state index in [1.165, 1.54) is 11.6 Å². The Hall–Kier alpha value is -2.09. The first-order valence-corrected chi connectivity index (χ1v) is 5.97. The molecule has 0 saturated carbocycles. The number of halogens is 1. The van der Waals surface area contributed by atoms with E-state index in [0.29, 0.717) is 0 Å². The zero-order valence-corrected chi connectivity index (χ0v) is 10.4. The lowest BCUT2D eigenvalue weighted by atomic mass is 10.0. The number of aryl methyl sites for hydroxylation is 2. The second-order valence-corrected chi connectivity index (χ2v) is 4.63. The van der Waals surface area contributed by atoms with Crippen molar-refractivity contribution < 1.29 is 4.39 Å². The van der Waals surface area contributed by atoms with E-state index in [2.05, 4.69) is 25.3 Å². The minimum atomic E-state index is -0.191. The van der Waals surface area contributed by atoms with Gasteiger partial charge in [-0.1, -0.05) is 24.3 Å². The number of nitrogens with zero attached hydrogens (tertiary/aromatic N) is 1. The van der Waals surface area contributed by atoms with Gasteiger partial charge in [-0.2, -0.15) is 0 Å². The Balaban J connectivity index is 2.36. The Labute approximate surface area is 105 Å². The molecule has 1 nitrogen and oxygen atoms in total. The van der Waals surface area contributed by atoms with Crippen molar-refractivity contribution in [3.63, 3.8) is 0 Å². The molecule has 18 heavy (non-hydrogen) atoms. The van der Waals surface area contributed by atoms with E-state index >= 15 is 0 Å². The van der Waals surface area contributed by atoms with Crippen LogP contribution in [0.15, 0.2) is 48.7 Å². The van der Waals surface area contributed by atoms with Crippen LogP contribution in [0.5, 0.6) is 0 Å². The van der Waals surface area contributed by atoms with Gasteiger partial charge in [0.05, 0.1) is 0 Å². The van der Waals surface area contributed by atoms with Gasteiger partial charge >= 0.3 is 0 Å². The third-order valence-corrected chi connectivity index (χ3v) is 3.39. The van der Waals surface area contributed by atoms with Crippen LogP contribution in [0.25, 0.3) is 22.0 Å². The molecule has 0 N–H and O–H groups in total. The second-order valence-electron chi connectivity index (χ2n) is 4.63. The van der Waals surface area contributed by atoms with E-state index in [1.807, 2.05) is 29.8 Å². The summed E-state index contributed by atoms with van der Waals surface area (Å²) in [6, 6.07) is 13.1. The van der Waals surface area contributed by atoms with Crippen LogP contribution in [0.3, 0.4) is 0 Å². The Morgan fingerprint density at radius 2 is 1.78 bits per heavy atom. The molecule has 3 aromatic rings. The Morgan fingerprint density at radius 1 is 1.00 bits per heavy atom. The Morgan fingerprint density at radius 3 is 2.56 bits per heavy atom. The molecule has 0 atom stereocenters. The normalized spacial score (nSPS) is 11.1. The molecule has 0 aliphatic heterocycles. The van der Waals surface area contributed by atoms with Gasteiger partial charge in [0.1, 0.15) is 5.82 Å². The molecule has 2 heteroatoms. The van der Waals surface area contributed by atoms with E-state index in [9.17, 15) is 4.39 Å². The largest absolute Gasteiger partial charge is 0.350 e. The summed E-state index contributed by atoms with van der Waals surface area (Å²) in [6.45, 7) is 2.08. The van der Waals surface area contributed by atoms with Crippen LogP contribution in [0.4, 0.5) is 4.39 Å².